The zero-order chi connectivity index (χ0) is 19.4. The molecule has 0 aliphatic carbocycles. The molecule has 0 bridgehead atoms. The monoisotopic (exact) mass is 403 g/mol. The van der Waals surface area contributed by atoms with Gasteiger partial charge in [0, 0.05) is 18.0 Å². The van der Waals surface area contributed by atoms with Crippen LogP contribution >= 0.6 is 11.3 Å². The molecule has 3 rings (SSSR count). The molecule has 2 heterocycles. The Morgan fingerprint density at radius 1 is 1.15 bits per heavy atom. The van der Waals surface area contributed by atoms with Crippen molar-refractivity contribution in [2.24, 2.45) is 0 Å². The third-order valence-corrected chi connectivity index (χ3v) is 6.06. The highest BCUT2D eigenvalue weighted by atomic mass is 32.2. The van der Waals surface area contributed by atoms with E-state index in [4.69, 9.17) is 4.74 Å². The fourth-order valence-electron chi connectivity index (χ4n) is 2.19. The molecule has 7 nitrogen and oxygen atoms in total. The van der Waals surface area contributed by atoms with Crippen molar-refractivity contribution in [3.8, 4) is 16.5 Å². The molecule has 0 unspecified atom stereocenters. The van der Waals surface area contributed by atoms with E-state index in [-0.39, 0.29) is 10.8 Å². The highest BCUT2D eigenvalue weighted by Gasteiger charge is 2.24. The van der Waals surface area contributed by atoms with E-state index in [1.54, 1.807) is 42.0 Å². The number of carbonyl (C=O) groups is 1. The number of nitrogens with one attached hydrogen (secondary N) is 1. The topological polar surface area (TPSA) is 98.2 Å². The van der Waals surface area contributed by atoms with E-state index in [1.807, 2.05) is 6.92 Å². The van der Waals surface area contributed by atoms with Gasteiger partial charge in [0.25, 0.3) is 0 Å². The molecular formula is C18H17N3O4S2. The van der Waals surface area contributed by atoms with Crippen LogP contribution in [0.25, 0.3) is 10.6 Å². The molecule has 0 saturated carbocycles. The molecule has 1 aromatic carbocycles. The minimum absolute atomic E-state index is 0.0846. The minimum Gasteiger partial charge on any atom is -0.405 e. The first-order valence-electron chi connectivity index (χ1n) is 8.02. The van der Waals surface area contributed by atoms with Crippen LogP contribution in [0.2, 0.25) is 0 Å². The highest BCUT2D eigenvalue weighted by Crippen LogP contribution is 2.26. The van der Waals surface area contributed by atoms with Crippen LogP contribution in [0.3, 0.4) is 0 Å². The summed E-state index contributed by atoms with van der Waals surface area (Å²) < 4.78 is 32.2. The fraction of sp³-hybridized carbons (Fsp3) is 0.167. The van der Waals surface area contributed by atoms with E-state index < -0.39 is 22.0 Å². The average molecular weight is 403 g/mol. The van der Waals surface area contributed by atoms with E-state index in [9.17, 15) is 13.2 Å². The van der Waals surface area contributed by atoms with Crippen LogP contribution in [0.15, 0.2) is 59.1 Å². The van der Waals surface area contributed by atoms with Gasteiger partial charge in [0.1, 0.15) is 11.0 Å². The van der Waals surface area contributed by atoms with Crippen molar-refractivity contribution in [1.29, 1.82) is 0 Å². The van der Waals surface area contributed by atoms with Crippen LogP contribution in [0.1, 0.15) is 12.5 Å². The van der Waals surface area contributed by atoms with Gasteiger partial charge < -0.3 is 4.74 Å². The Morgan fingerprint density at radius 3 is 2.48 bits per heavy atom. The van der Waals surface area contributed by atoms with Gasteiger partial charge >= 0.3 is 5.97 Å². The summed E-state index contributed by atoms with van der Waals surface area (Å²) in [5.74, 6) is -0.615. The molecule has 9 heteroatoms. The summed E-state index contributed by atoms with van der Waals surface area (Å²) in [5.41, 5.74) is 1.79. The number of aromatic nitrogens is 2. The largest absolute Gasteiger partial charge is 0.405 e. The Bertz CT molecular complexity index is 1030. The summed E-state index contributed by atoms with van der Waals surface area (Å²) in [7, 11) is -3.83. The SMILES string of the molecule is Cc1ccc(S(=O)(=O)N[C@@H](C)C(=O)Oc2csc(-c3ccncc3)n2)cc1. The lowest BCUT2D eigenvalue weighted by Crippen LogP contribution is -2.40. The second-order valence-electron chi connectivity index (χ2n) is 5.80. The van der Waals surface area contributed by atoms with Gasteiger partial charge in [0.2, 0.25) is 15.9 Å². The second kappa shape index (κ2) is 7.95. The number of thiazole rings is 1. The number of hydrogen-bond acceptors (Lipinski definition) is 7. The van der Waals surface area contributed by atoms with Crippen LogP contribution in [0.5, 0.6) is 5.88 Å². The Balaban J connectivity index is 1.66. The third kappa shape index (κ3) is 4.76. The van der Waals surface area contributed by atoms with Crippen molar-refractivity contribution in [2.45, 2.75) is 24.8 Å². The van der Waals surface area contributed by atoms with Crippen LogP contribution in [0, 0.1) is 6.92 Å². The lowest BCUT2D eigenvalue weighted by atomic mass is 10.2. The molecule has 0 amide bonds. The number of aryl methyl sites for hydroxylation is 1. The fourth-order valence-corrected chi connectivity index (χ4v) is 4.11. The molecule has 0 saturated heterocycles. The Morgan fingerprint density at radius 2 is 1.81 bits per heavy atom. The number of nitrogens with zero attached hydrogens (tertiary/aromatic N) is 2. The second-order valence-corrected chi connectivity index (χ2v) is 8.38. The molecule has 140 valence electrons. The number of hydrogen-bond donors (Lipinski definition) is 1. The summed E-state index contributed by atoms with van der Waals surface area (Å²) in [5, 5.41) is 2.27. The van der Waals surface area contributed by atoms with Crippen molar-refractivity contribution >= 4 is 27.3 Å². The first-order chi connectivity index (χ1) is 12.8. The molecule has 1 atom stereocenters. The van der Waals surface area contributed by atoms with Crippen molar-refractivity contribution in [2.75, 3.05) is 0 Å². The summed E-state index contributed by atoms with van der Waals surface area (Å²) in [6.45, 7) is 3.28. The lowest BCUT2D eigenvalue weighted by molar-refractivity contribution is -0.136. The minimum atomic E-state index is -3.83. The number of rotatable bonds is 6. The van der Waals surface area contributed by atoms with E-state index in [2.05, 4.69) is 14.7 Å². The highest BCUT2D eigenvalue weighted by molar-refractivity contribution is 7.89. The summed E-state index contributed by atoms with van der Waals surface area (Å²) in [6, 6.07) is 8.86. The maximum Gasteiger partial charge on any atom is 0.330 e. The van der Waals surface area contributed by atoms with Gasteiger partial charge in [-0.2, -0.15) is 4.72 Å². The third-order valence-electron chi connectivity index (χ3n) is 3.63. The quantitative estimate of drug-likeness (QED) is 0.636. The average Bonchev–Trinajstić information content (AvgIpc) is 3.11. The normalized spacial score (nSPS) is 12.5. The van der Waals surface area contributed by atoms with Gasteiger partial charge in [-0.15, -0.1) is 11.3 Å². The van der Waals surface area contributed by atoms with Gasteiger partial charge in [0.15, 0.2) is 0 Å². The molecule has 1 N–H and O–H groups in total. The van der Waals surface area contributed by atoms with Gasteiger partial charge in [0.05, 0.1) is 10.3 Å². The van der Waals surface area contributed by atoms with E-state index in [1.165, 1.54) is 30.4 Å². The number of carbonyl (C=O) groups excluding carboxylic acids is 1. The molecule has 3 aromatic rings. The van der Waals surface area contributed by atoms with E-state index in [0.29, 0.717) is 5.01 Å². The Hall–Kier alpha value is -2.62. The van der Waals surface area contributed by atoms with Gasteiger partial charge in [-0.25, -0.2) is 18.2 Å². The predicted octanol–water partition coefficient (Wildman–Crippen LogP) is 2.79. The van der Waals surface area contributed by atoms with Crippen molar-refractivity contribution in [3.05, 3.63) is 59.7 Å². The summed E-state index contributed by atoms with van der Waals surface area (Å²) in [6.07, 6.45) is 3.29. The van der Waals surface area contributed by atoms with Crippen molar-refractivity contribution < 1.29 is 17.9 Å². The zero-order valence-electron chi connectivity index (χ0n) is 14.6. The predicted molar refractivity (Wildman–Crippen MR) is 102 cm³/mol. The molecule has 0 fully saturated rings. The maximum atomic E-state index is 12.4. The van der Waals surface area contributed by atoms with Gasteiger partial charge in [-0.1, -0.05) is 17.7 Å². The molecule has 2 aromatic heterocycles. The molecule has 0 aliphatic rings. The number of benzene rings is 1. The smallest absolute Gasteiger partial charge is 0.330 e. The zero-order valence-corrected chi connectivity index (χ0v) is 16.3. The van der Waals surface area contributed by atoms with E-state index in [0.717, 1.165) is 11.1 Å². The summed E-state index contributed by atoms with van der Waals surface area (Å²) >= 11 is 1.31. The lowest BCUT2D eigenvalue weighted by Gasteiger charge is -2.12. The number of esters is 1. The van der Waals surface area contributed by atoms with Crippen molar-refractivity contribution in [3.63, 3.8) is 0 Å². The van der Waals surface area contributed by atoms with Gasteiger partial charge in [-0.3, -0.25) is 4.98 Å². The molecule has 0 spiro atoms. The first-order valence-corrected chi connectivity index (χ1v) is 10.4. The molecular weight excluding hydrogens is 386 g/mol. The van der Waals surface area contributed by atoms with Crippen molar-refractivity contribution in [1.82, 2.24) is 14.7 Å². The number of pyridine rings is 1. The molecule has 27 heavy (non-hydrogen) atoms. The van der Waals surface area contributed by atoms with Gasteiger partial charge in [-0.05, 0) is 38.1 Å². The first kappa shape index (κ1) is 19.2. The summed E-state index contributed by atoms with van der Waals surface area (Å²) in [4.78, 5) is 20.5. The van der Waals surface area contributed by atoms with Crippen LogP contribution < -0.4 is 9.46 Å². The molecule has 0 aliphatic heterocycles. The number of ether oxygens (including phenoxy) is 1. The van der Waals surface area contributed by atoms with Crippen LogP contribution in [-0.2, 0) is 14.8 Å². The standard InChI is InChI=1S/C18H17N3O4S2/c1-12-3-5-15(6-4-12)27(23,24)21-13(2)18(22)25-16-11-26-17(20-16)14-7-9-19-10-8-14/h3-11,13,21H,1-2H3/t13-/m0/s1. The molecule has 0 radical (unpaired) electrons. The Labute approximate surface area is 161 Å². The number of sulfonamides is 1. The maximum absolute atomic E-state index is 12.4. The van der Waals surface area contributed by atoms with E-state index >= 15 is 0 Å². The Kier molecular flexibility index (Phi) is 5.64. The van der Waals surface area contributed by atoms with Crippen LogP contribution in [0.4, 0.5) is 0 Å². The van der Waals surface area contributed by atoms with Crippen LogP contribution in [-0.4, -0.2) is 30.4 Å².